The van der Waals surface area contributed by atoms with Crippen molar-refractivity contribution in [3.8, 4) is 11.5 Å². The molecule has 4 aromatic rings. The van der Waals surface area contributed by atoms with Gasteiger partial charge >= 0.3 is 0 Å². The van der Waals surface area contributed by atoms with E-state index in [1.54, 1.807) is 18.3 Å². The molecular formula is C33H38N4O6S2. The monoisotopic (exact) mass is 650 g/mol. The summed E-state index contributed by atoms with van der Waals surface area (Å²) in [5.41, 5.74) is 2.71. The molecule has 1 saturated carbocycles. The maximum absolute atomic E-state index is 12.9. The summed E-state index contributed by atoms with van der Waals surface area (Å²) in [7, 11) is -7.24. The van der Waals surface area contributed by atoms with E-state index >= 15 is 0 Å². The lowest BCUT2D eigenvalue weighted by Gasteiger charge is -2.26. The van der Waals surface area contributed by atoms with Crippen molar-refractivity contribution in [1.29, 1.82) is 0 Å². The van der Waals surface area contributed by atoms with Crippen molar-refractivity contribution >= 4 is 31.7 Å². The second-order valence-corrected chi connectivity index (χ2v) is 14.8. The molecule has 2 N–H and O–H groups in total. The van der Waals surface area contributed by atoms with Crippen LogP contribution in [0.4, 0.5) is 11.6 Å². The highest BCUT2D eigenvalue weighted by Crippen LogP contribution is 2.33. The first-order valence-corrected chi connectivity index (χ1v) is 18.3. The molecule has 10 nitrogen and oxygen atoms in total. The van der Waals surface area contributed by atoms with Crippen LogP contribution in [-0.4, -0.2) is 37.8 Å². The molecule has 0 spiro atoms. The van der Waals surface area contributed by atoms with Crippen LogP contribution in [0.2, 0.25) is 0 Å². The van der Waals surface area contributed by atoms with E-state index in [-0.39, 0.29) is 30.6 Å². The van der Waals surface area contributed by atoms with Crippen LogP contribution in [0.3, 0.4) is 0 Å². The Kier molecular flexibility index (Phi) is 10.9. The Bertz CT molecular complexity index is 1750. The van der Waals surface area contributed by atoms with E-state index in [1.165, 1.54) is 6.20 Å². The molecule has 0 bridgehead atoms. The fraction of sp³-hybridized carbons (Fsp3) is 0.333. The predicted octanol–water partition coefficient (Wildman–Crippen LogP) is 6.08. The van der Waals surface area contributed by atoms with Gasteiger partial charge in [-0.25, -0.2) is 26.8 Å². The summed E-state index contributed by atoms with van der Waals surface area (Å²) in [5, 5.41) is -0.418. The molecule has 0 radical (unpaired) electrons. The van der Waals surface area contributed by atoms with E-state index in [9.17, 15) is 16.8 Å². The van der Waals surface area contributed by atoms with Gasteiger partial charge < -0.3 is 9.47 Å². The maximum atomic E-state index is 12.9. The first-order valence-electron chi connectivity index (χ1n) is 15.1. The van der Waals surface area contributed by atoms with E-state index in [2.05, 4.69) is 19.4 Å². The summed E-state index contributed by atoms with van der Waals surface area (Å²) >= 11 is 0. The van der Waals surface area contributed by atoms with Crippen molar-refractivity contribution in [3.05, 3.63) is 108 Å². The van der Waals surface area contributed by atoms with Crippen molar-refractivity contribution in [2.75, 3.05) is 15.2 Å². The average molecular weight is 651 g/mol. The van der Waals surface area contributed by atoms with Crippen molar-refractivity contribution in [1.82, 2.24) is 9.97 Å². The SMILES string of the molecule is O=S(=O)(CCCCCc1ccnc(NS(=O)(=O)C2CCC2)c1OCc1ccccc1)Nc1ncccc1OCc1ccccc1. The Morgan fingerprint density at radius 3 is 2.02 bits per heavy atom. The Morgan fingerprint density at radius 1 is 0.689 bits per heavy atom. The molecule has 1 aliphatic rings. The van der Waals surface area contributed by atoms with Gasteiger partial charge in [-0.05, 0) is 67.0 Å². The molecule has 2 heterocycles. The number of nitrogens with one attached hydrogen (secondary N) is 2. The summed E-state index contributed by atoms with van der Waals surface area (Å²) in [6.45, 7) is 0.545. The van der Waals surface area contributed by atoms with Gasteiger partial charge in [0.2, 0.25) is 20.0 Å². The van der Waals surface area contributed by atoms with Gasteiger partial charge in [-0.1, -0.05) is 73.5 Å². The molecule has 2 aromatic carbocycles. The number of pyridine rings is 2. The van der Waals surface area contributed by atoms with Crippen LogP contribution in [-0.2, 0) is 39.7 Å². The number of sulfonamides is 2. The van der Waals surface area contributed by atoms with Crippen LogP contribution in [0.25, 0.3) is 0 Å². The third-order valence-corrected chi connectivity index (χ3v) is 10.7. The van der Waals surface area contributed by atoms with E-state index in [0.29, 0.717) is 50.0 Å². The average Bonchev–Trinajstić information content (AvgIpc) is 2.99. The van der Waals surface area contributed by atoms with Crippen molar-refractivity contribution in [2.45, 2.75) is 63.4 Å². The molecule has 12 heteroatoms. The quantitative estimate of drug-likeness (QED) is 0.131. The summed E-state index contributed by atoms with van der Waals surface area (Å²) < 4.78 is 68.8. The molecule has 0 atom stereocenters. The number of anilines is 2. The third kappa shape index (κ3) is 9.41. The largest absolute Gasteiger partial charge is 0.485 e. The number of benzene rings is 2. The van der Waals surface area contributed by atoms with Gasteiger partial charge in [0.1, 0.15) is 13.2 Å². The lowest BCUT2D eigenvalue weighted by molar-refractivity contribution is 0.303. The molecule has 0 unspecified atom stereocenters. The number of unbranched alkanes of at least 4 members (excludes halogenated alkanes) is 2. The van der Waals surface area contributed by atoms with E-state index in [0.717, 1.165) is 23.1 Å². The van der Waals surface area contributed by atoms with Crippen LogP contribution >= 0.6 is 0 Å². The fourth-order valence-electron chi connectivity index (χ4n) is 4.85. The minimum Gasteiger partial charge on any atom is -0.485 e. The number of aromatic nitrogens is 2. The second kappa shape index (κ2) is 15.2. The molecule has 0 amide bonds. The van der Waals surface area contributed by atoms with Crippen LogP contribution in [0.1, 0.15) is 55.2 Å². The number of rotatable bonds is 17. The standard InChI is InChI=1S/C33H38N4O6S2/c38-44(39,36-32-30(19-11-21-34-32)42-24-26-12-4-1-5-13-26)23-9-3-8-16-28-20-22-35-33(37-45(40,41)29-17-10-18-29)31(28)43-25-27-14-6-2-7-15-27/h1-2,4-7,11-15,19-22,29H,3,8-10,16-18,23-25H2,(H,34,36)(H,35,37). The first-order chi connectivity index (χ1) is 21.8. The number of hydrogen-bond donors (Lipinski definition) is 2. The first kappa shape index (κ1) is 32.2. The summed E-state index contributed by atoms with van der Waals surface area (Å²) in [5.74, 6) is 1.01. The molecule has 2 aromatic heterocycles. The van der Waals surface area contributed by atoms with Gasteiger partial charge in [0.25, 0.3) is 0 Å². The summed E-state index contributed by atoms with van der Waals surface area (Å²) in [4.78, 5) is 8.49. The van der Waals surface area contributed by atoms with Crippen LogP contribution in [0, 0.1) is 0 Å². The third-order valence-electron chi connectivity index (χ3n) is 7.56. The molecule has 238 valence electrons. The molecule has 5 rings (SSSR count). The van der Waals surface area contributed by atoms with Crippen LogP contribution in [0.15, 0.2) is 91.3 Å². The number of hydrogen-bond acceptors (Lipinski definition) is 8. The molecule has 1 aliphatic carbocycles. The van der Waals surface area contributed by atoms with Gasteiger partial charge in [-0.2, -0.15) is 0 Å². The Morgan fingerprint density at radius 2 is 1.36 bits per heavy atom. The van der Waals surface area contributed by atoms with Gasteiger partial charge in [-0.15, -0.1) is 0 Å². The highest BCUT2D eigenvalue weighted by molar-refractivity contribution is 7.93. The zero-order valence-electron chi connectivity index (χ0n) is 25.0. The van der Waals surface area contributed by atoms with E-state index < -0.39 is 25.3 Å². The lowest BCUT2D eigenvalue weighted by atomic mass is 10.0. The smallest absolute Gasteiger partial charge is 0.236 e. The van der Waals surface area contributed by atoms with Crippen molar-refractivity contribution in [3.63, 3.8) is 0 Å². The molecule has 0 saturated heterocycles. The molecule has 1 fully saturated rings. The van der Waals surface area contributed by atoms with Crippen molar-refractivity contribution in [2.24, 2.45) is 0 Å². The van der Waals surface area contributed by atoms with E-state index in [4.69, 9.17) is 9.47 Å². The number of ether oxygens (including phenoxy) is 2. The summed E-state index contributed by atoms with van der Waals surface area (Å²) in [6, 6.07) is 24.4. The van der Waals surface area contributed by atoms with Gasteiger partial charge in [0.15, 0.2) is 23.1 Å². The zero-order valence-corrected chi connectivity index (χ0v) is 26.6. The molecule has 45 heavy (non-hydrogen) atoms. The normalized spacial score (nSPS) is 13.5. The number of nitrogens with zero attached hydrogens (tertiary/aromatic N) is 2. The Labute approximate surface area is 265 Å². The maximum Gasteiger partial charge on any atom is 0.236 e. The second-order valence-electron chi connectivity index (χ2n) is 11.0. The zero-order chi connectivity index (χ0) is 31.5. The predicted molar refractivity (Wildman–Crippen MR) is 175 cm³/mol. The Hall–Kier alpha value is -4.16. The lowest BCUT2D eigenvalue weighted by Crippen LogP contribution is -2.33. The van der Waals surface area contributed by atoms with E-state index in [1.807, 2.05) is 66.7 Å². The highest BCUT2D eigenvalue weighted by atomic mass is 32.2. The highest BCUT2D eigenvalue weighted by Gasteiger charge is 2.32. The summed E-state index contributed by atoms with van der Waals surface area (Å²) in [6.07, 6.45) is 7.54. The van der Waals surface area contributed by atoms with Gasteiger partial charge in [-0.3, -0.25) is 9.44 Å². The van der Waals surface area contributed by atoms with Gasteiger partial charge in [0.05, 0.1) is 11.0 Å². The Balaban J connectivity index is 1.17. The van der Waals surface area contributed by atoms with Crippen LogP contribution in [0.5, 0.6) is 11.5 Å². The molecular weight excluding hydrogens is 613 g/mol. The number of aryl methyl sites for hydroxylation is 1. The van der Waals surface area contributed by atoms with Crippen molar-refractivity contribution < 1.29 is 26.3 Å². The topological polar surface area (TPSA) is 137 Å². The molecule has 0 aliphatic heterocycles. The minimum atomic E-state index is -3.67. The van der Waals surface area contributed by atoms with Crippen LogP contribution < -0.4 is 18.9 Å². The van der Waals surface area contributed by atoms with Gasteiger partial charge in [0, 0.05) is 12.4 Å². The fourth-order valence-corrected chi connectivity index (χ4v) is 7.52. The minimum absolute atomic E-state index is 0.0815.